The van der Waals surface area contributed by atoms with Crippen LogP contribution in [-0.2, 0) is 25.6 Å². The molecule has 154 valence electrons. The number of benzene rings is 1. The van der Waals surface area contributed by atoms with E-state index in [9.17, 15) is 14.4 Å². The topological polar surface area (TPSA) is 83.8 Å². The van der Waals surface area contributed by atoms with Crippen LogP contribution in [0.3, 0.4) is 0 Å². The van der Waals surface area contributed by atoms with Gasteiger partial charge in [0.1, 0.15) is 5.75 Å². The molecule has 2 aromatic rings. The molecule has 0 unspecified atom stereocenters. The Bertz CT molecular complexity index is 908. The van der Waals surface area contributed by atoms with Gasteiger partial charge in [0.25, 0.3) is 0 Å². The molecule has 0 saturated heterocycles. The average Bonchev–Trinajstić information content (AvgIpc) is 3.02. The summed E-state index contributed by atoms with van der Waals surface area (Å²) in [5, 5.41) is 0. The van der Waals surface area contributed by atoms with E-state index in [0.717, 1.165) is 22.7 Å². The first-order valence-corrected chi connectivity index (χ1v) is 9.11. The number of aryl methyl sites for hydroxylation is 1. The van der Waals surface area contributed by atoms with Gasteiger partial charge in [-0.3, -0.25) is 9.59 Å². The fourth-order valence-electron chi connectivity index (χ4n) is 2.87. The molecule has 1 aromatic carbocycles. The van der Waals surface area contributed by atoms with Crippen molar-refractivity contribution in [1.29, 1.82) is 0 Å². The van der Waals surface area contributed by atoms with Gasteiger partial charge in [-0.25, -0.2) is 4.79 Å². The summed E-state index contributed by atoms with van der Waals surface area (Å²) >= 11 is 0. The first-order valence-electron chi connectivity index (χ1n) is 9.11. The molecule has 29 heavy (non-hydrogen) atoms. The Labute approximate surface area is 169 Å². The fraction of sp³-hybridized carbons (Fsp3) is 0.318. The molecule has 0 atom stereocenters. The third-order valence-electron chi connectivity index (χ3n) is 4.51. The van der Waals surface area contributed by atoms with Gasteiger partial charge in [0.2, 0.25) is 5.78 Å². The van der Waals surface area contributed by atoms with Gasteiger partial charge in [0.15, 0.2) is 6.61 Å². The number of methoxy groups -OCH3 is 2. The maximum atomic E-state index is 12.5. The lowest BCUT2D eigenvalue weighted by Crippen LogP contribution is -2.14. The van der Waals surface area contributed by atoms with Gasteiger partial charge >= 0.3 is 11.9 Å². The average molecular weight is 399 g/mol. The maximum absolute atomic E-state index is 12.5. The first-order chi connectivity index (χ1) is 13.8. The van der Waals surface area contributed by atoms with E-state index in [1.807, 2.05) is 11.5 Å². The van der Waals surface area contributed by atoms with Gasteiger partial charge < -0.3 is 18.8 Å². The molecule has 0 fully saturated rings. The molecule has 0 aliphatic heterocycles. The minimum Gasteiger partial charge on any atom is -0.497 e. The van der Waals surface area contributed by atoms with Crippen LogP contribution in [0, 0.1) is 13.8 Å². The van der Waals surface area contributed by atoms with E-state index in [1.54, 1.807) is 50.4 Å². The molecule has 0 N–H and O–H groups in total. The van der Waals surface area contributed by atoms with Crippen LogP contribution in [-0.4, -0.2) is 43.1 Å². The number of ketones is 1. The maximum Gasteiger partial charge on any atom is 0.331 e. The van der Waals surface area contributed by atoms with Gasteiger partial charge in [-0.15, -0.1) is 0 Å². The van der Waals surface area contributed by atoms with Crippen LogP contribution < -0.4 is 4.74 Å². The van der Waals surface area contributed by atoms with Crippen molar-refractivity contribution in [1.82, 2.24) is 4.57 Å². The van der Waals surface area contributed by atoms with E-state index < -0.39 is 5.97 Å². The van der Waals surface area contributed by atoms with Crippen LogP contribution in [0.2, 0.25) is 0 Å². The summed E-state index contributed by atoms with van der Waals surface area (Å²) in [7, 11) is 2.92. The van der Waals surface area contributed by atoms with E-state index in [0.29, 0.717) is 12.1 Å². The number of carbonyl (C=O) groups is 3. The first kappa shape index (κ1) is 21.9. The number of esters is 2. The summed E-state index contributed by atoms with van der Waals surface area (Å²) in [6.07, 6.45) is 3.09. The number of ether oxygens (including phenoxy) is 3. The van der Waals surface area contributed by atoms with Crippen LogP contribution in [0.1, 0.15) is 33.7 Å². The number of hydrogen-bond donors (Lipinski definition) is 0. The molecule has 0 amide bonds. The Balaban J connectivity index is 1.93. The summed E-state index contributed by atoms with van der Waals surface area (Å²) in [4.78, 5) is 35.7. The molecule has 0 aliphatic carbocycles. The molecule has 1 aromatic heterocycles. The zero-order valence-electron chi connectivity index (χ0n) is 17.1. The summed E-state index contributed by atoms with van der Waals surface area (Å²) in [5.41, 5.74) is 2.85. The Hall–Kier alpha value is -3.35. The van der Waals surface area contributed by atoms with Gasteiger partial charge in [0.05, 0.1) is 20.6 Å². The molecule has 1 heterocycles. The summed E-state index contributed by atoms with van der Waals surface area (Å²) in [5.74, 6) is -0.496. The lowest BCUT2D eigenvalue weighted by Gasteiger charge is -2.09. The zero-order valence-corrected chi connectivity index (χ0v) is 17.1. The number of aromatic nitrogens is 1. The number of carbonyl (C=O) groups excluding carboxylic acids is 3. The van der Waals surface area contributed by atoms with Gasteiger partial charge in [-0.1, -0.05) is 12.1 Å². The number of rotatable bonds is 9. The van der Waals surface area contributed by atoms with Crippen molar-refractivity contribution in [2.24, 2.45) is 0 Å². The monoisotopic (exact) mass is 399 g/mol. The number of nitrogens with zero attached hydrogens (tertiary/aromatic N) is 1. The van der Waals surface area contributed by atoms with Crippen molar-refractivity contribution in [3.05, 3.63) is 58.9 Å². The van der Waals surface area contributed by atoms with E-state index in [4.69, 9.17) is 9.47 Å². The van der Waals surface area contributed by atoms with E-state index in [2.05, 4.69) is 4.74 Å². The van der Waals surface area contributed by atoms with Gasteiger partial charge in [-0.2, -0.15) is 0 Å². The smallest absolute Gasteiger partial charge is 0.331 e. The molecule has 7 heteroatoms. The Morgan fingerprint density at radius 1 is 1.07 bits per heavy atom. The van der Waals surface area contributed by atoms with Crippen LogP contribution in [0.15, 0.2) is 36.4 Å². The summed E-state index contributed by atoms with van der Waals surface area (Å²) < 4.78 is 16.7. The molecule has 0 bridgehead atoms. The van der Waals surface area contributed by atoms with Crippen molar-refractivity contribution in [3.8, 4) is 5.75 Å². The lowest BCUT2D eigenvalue weighted by atomic mass is 10.1. The third-order valence-corrected chi connectivity index (χ3v) is 4.51. The van der Waals surface area contributed by atoms with Crippen LogP contribution in [0.4, 0.5) is 0 Å². The molecule has 0 spiro atoms. The van der Waals surface area contributed by atoms with Gasteiger partial charge in [-0.05, 0) is 43.7 Å². The molecule has 0 saturated carbocycles. The molecular weight excluding hydrogens is 374 g/mol. The van der Waals surface area contributed by atoms with Crippen LogP contribution >= 0.6 is 0 Å². The molecule has 2 rings (SSSR count). The van der Waals surface area contributed by atoms with Crippen LogP contribution in [0.25, 0.3) is 6.08 Å². The second-order valence-corrected chi connectivity index (χ2v) is 6.40. The standard InChI is InChI=1S/C22H25NO6/c1-15-13-19(16(2)23(15)12-11-21(25)28-4)20(24)14-29-22(26)10-7-17-5-8-18(27-3)9-6-17/h5-10,13H,11-12,14H2,1-4H3/b10-7+. The predicted molar refractivity (Wildman–Crippen MR) is 108 cm³/mol. The van der Waals surface area contributed by atoms with Crippen molar-refractivity contribution in [2.45, 2.75) is 26.8 Å². The van der Waals surface area contributed by atoms with Crippen molar-refractivity contribution in [3.63, 3.8) is 0 Å². The third kappa shape index (κ3) is 6.07. The Morgan fingerprint density at radius 3 is 2.38 bits per heavy atom. The molecule has 7 nitrogen and oxygen atoms in total. The highest BCUT2D eigenvalue weighted by Gasteiger charge is 2.17. The van der Waals surface area contributed by atoms with Crippen molar-refractivity contribution >= 4 is 23.8 Å². The highest BCUT2D eigenvalue weighted by atomic mass is 16.5. The second kappa shape index (κ2) is 10.3. The summed E-state index contributed by atoms with van der Waals surface area (Å²) in [6, 6.07) is 8.90. The number of Topliss-reactive ketones (excluding diaryl/α,β-unsaturated/α-hetero) is 1. The summed E-state index contributed by atoms with van der Waals surface area (Å²) in [6.45, 7) is 3.71. The zero-order chi connectivity index (χ0) is 21.4. The van der Waals surface area contributed by atoms with Crippen molar-refractivity contribution < 1.29 is 28.6 Å². The second-order valence-electron chi connectivity index (χ2n) is 6.40. The Morgan fingerprint density at radius 2 is 1.76 bits per heavy atom. The highest BCUT2D eigenvalue weighted by Crippen LogP contribution is 2.17. The normalized spacial score (nSPS) is 10.8. The predicted octanol–water partition coefficient (Wildman–Crippen LogP) is 3.12. The lowest BCUT2D eigenvalue weighted by molar-refractivity contribution is -0.141. The largest absolute Gasteiger partial charge is 0.497 e. The Kier molecular flexibility index (Phi) is 7.77. The molecular formula is C22H25NO6. The van der Waals surface area contributed by atoms with Crippen LogP contribution in [0.5, 0.6) is 5.75 Å². The number of hydrogen-bond acceptors (Lipinski definition) is 6. The molecule has 0 radical (unpaired) electrons. The molecule has 0 aliphatic rings. The highest BCUT2D eigenvalue weighted by molar-refractivity contribution is 6.00. The SMILES string of the molecule is COC(=O)CCn1c(C)cc(C(=O)COC(=O)/C=C/c2ccc(OC)cc2)c1C. The van der Waals surface area contributed by atoms with E-state index in [1.165, 1.54) is 13.2 Å². The fourth-order valence-corrected chi connectivity index (χ4v) is 2.87. The van der Waals surface area contributed by atoms with Crippen molar-refractivity contribution in [2.75, 3.05) is 20.8 Å². The minimum atomic E-state index is -0.603. The quantitative estimate of drug-likeness (QED) is 0.366. The van der Waals surface area contributed by atoms with Gasteiger partial charge in [0, 0.05) is 29.6 Å². The van der Waals surface area contributed by atoms with E-state index in [-0.39, 0.29) is 24.8 Å². The van der Waals surface area contributed by atoms with E-state index >= 15 is 0 Å². The minimum absolute atomic E-state index is 0.214.